The van der Waals surface area contributed by atoms with Crippen LogP contribution in [0.15, 0.2) is 42.5 Å². The Kier molecular flexibility index (Phi) is 6.72. The van der Waals surface area contributed by atoms with Crippen molar-refractivity contribution in [3.05, 3.63) is 63.7 Å². The van der Waals surface area contributed by atoms with E-state index in [9.17, 15) is 24.5 Å². The number of anilines is 1. The summed E-state index contributed by atoms with van der Waals surface area (Å²) in [6.45, 7) is 2.01. The van der Waals surface area contributed by atoms with E-state index in [0.29, 0.717) is 24.4 Å². The van der Waals surface area contributed by atoms with Crippen LogP contribution in [0.2, 0.25) is 0 Å². The fourth-order valence-electron chi connectivity index (χ4n) is 3.32. The van der Waals surface area contributed by atoms with Gasteiger partial charge in [-0.25, -0.2) is 0 Å². The van der Waals surface area contributed by atoms with Crippen LogP contribution < -0.4 is 9.64 Å². The Morgan fingerprint density at radius 1 is 1.16 bits per heavy atom. The summed E-state index contributed by atoms with van der Waals surface area (Å²) < 4.78 is 5.34. The molecule has 0 atom stereocenters. The molecule has 0 radical (unpaired) electrons. The predicted octanol–water partition coefficient (Wildman–Crippen LogP) is 2.07. The Morgan fingerprint density at radius 2 is 1.84 bits per heavy atom. The largest absolute Gasteiger partial charge is 0.482 e. The molecule has 2 aromatic rings. The van der Waals surface area contributed by atoms with Gasteiger partial charge in [-0.15, -0.1) is 0 Å². The van der Waals surface area contributed by atoms with Crippen molar-refractivity contribution in [1.82, 2.24) is 9.80 Å². The van der Waals surface area contributed by atoms with Gasteiger partial charge in [0.25, 0.3) is 17.5 Å². The average molecular weight is 440 g/mol. The number of hydrogen-bond acceptors (Lipinski definition) is 6. The molecule has 10 nitrogen and oxygen atoms in total. The fourth-order valence-corrected chi connectivity index (χ4v) is 3.32. The number of non-ortho nitro benzene ring substituents is 1. The minimum atomic E-state index is -0.567. The van der Waals surface area contributed by atoms with Gasteiger partial charge in [-0.2, -0.15) is 0 Å². The number of hydrogen-bond donors (Lipinski definition) is 0. The van der Waals surface area contributed by atoms with Crippen molar-refractivity contribution in [2.75, 3.05) is 38.7 Å². The minimum absolute atomic E-state index is 0.112. The number of amides is 3. The van der Waals surface area contributed by atoms with Gasteiger partial charge in [0.15, 0.2) is 6.61 Å². The molecular formula is C22H24N4O6. The first-order valence-electron chi connectivity index (χ1n) is 10.0. The second kappa shape index (κ2) is 9.46. The van der Waals surface area contributed by atoms with Crippen LogP contribution >= 0.6 is 0 Å². The third-order valence-corrected chi connectivity index (χ3v) is 5.10. The van der Waals surface area contributed by atoms with Crippen molar-refractivity contribution < 1.29 is 24.0 Å². The number of ether oxygens (including phenoxy) is 1. The second-order valence-electron chi connectivity index (χ2n) is 7.48. The van der Waals surface area contributed by atoms with E-state index in [2.05, 4.69) is 0 Å². The zero-order chi connectivity index (χ0) is 23.4. The maximum absolute atomic E-state index is 13.0. The molecule has 10 heteroatoms. The van der Waals surface area contributed by atoms with Crippen molar-refractivity contribution in [2.24, 2.45) is 0 Å². The minimum Gasteiger partial charge on any atom is -0.482 e. The van der Waals surface area contributed by atoms with Crippen LogP contribution in [0.4, 0.5) is 11.4 Å². The second-order valence-corrected chi connectivity index (χ2v) is 7.48. The van der Waals surface area contributed by atoms with Gasteiger partial charge in [0, 0.05) is 44.9 Å². The summed E-state index contributed by atoms with van der Waals surface area (Å²) in [7, 11) is 3.35. The number of nitrogens with zero attached hydrogens (tertiary/aromatic N) is 4. The molecule has 0 aliphatic carbocycles. The summed E-state index contributed by atoms with van der Waals surface area (Å²) in [6, 6.07) is 10.9. The lowest BCUT2D eigenvalue weighted by atomic mass is 10.1. The van der Waals surface area contributed by atoms with Crippen LogP contribution in [0.1, 0.15) is 22.8 Å². The molecule has 0 fully saturated rings. The zero-order valence-electron chi connectivity index (χ0n) is 18.1. The van der Waals surface area contributed by atoms with Gasteiger partial charge < -0.3 is 14.5 Å². The number of nitro groups is 1. The van der Waals surface area contributed by atoms with E-state index in [0.717, 1.165) is 5.56 Å². The summed E-state index contributed by atoms with van der Waals surface area (Å²) in [5, 5.41) is 11.1. The summed E-state index contributed by atoms with van der Waals surface area (Å²) in [5.74, 6) is -0.562. The van der Waals surface area contributed by atoms with Crippen LogP contribution in [0.3, 0.4) is 0 Å². The first kappa shape index (κ1) is 22.7. The van der Waals surface area contributed by atoms with E-state index in [4.69, 9.17) is 4.74 Å². The first-order chi connectivity index (χ1) is 15.2. The normalized spacial score (nSPS) is 12.6. The maximum Gasteiger partial charge on any atom is 0.271 e. The zero-order valence-corrected chi connectivity index (χ0v) is 18.1. The predicted molar refractivity (Wildman–Crippen MR) is 116 cm³/mol. The highest BCUT2D eigenvalue weighted by Gasteiger charge is 2.30. The Bertz CT molecular complexity index is 1050. The molecule has 0 N–H and O–H groups in total. The Morgan fingerprint density at radius 3 is 2.44 bits per heavy atom. The Labute approximate surface area is 185 Å². The standard InChI is InChI=1S/C22H24N4O6/c1-4-24(12-15-5-7-16(8-6-15)22(29)23(2)3)20(27)13-25-18-11-17(26(30)31)9-10-19(18)32-14-21(25)28/h5-11H,4,12-14H2,1-3H3. The smallest absolute Gasteiger partial charge is 0.271 e. The lowest BCUT2D eigenvalue weighted by Crippen LogP contribution is -2.46. The highest BCUT2D eigenvalue weighted by molar-refractivity contribution is 6.02. The highest BCUT2D eigenvalue weighted by atomic mass is 16.6. The molecule has 0 aromatic heterocycles. The lowest BCUT2D eigenvalue weighted by Gasteiger charge is -2.31. The van der Waals surface area contributed by atoms with Crippen LogP contribution in [0.5, 0.6) is 5.75 Å². The molecule has 1 heterocycles. The molecule has 32 heavy (non-hydrogen) atoms. The molecule has 3 amide bonds. The van der Waals surface area contributed by atoms with Gasteiger partial charge in [-0.3, -0.25) is 29.4 Å². The third kappa shape index (κ3) is 4.85. The molecule has 0 bridgehead atoms. The van der Waals surface area contributed by atoms with E-state index in [1.165, 1.54) is 28.0 Å². The van der Waals surface area contributed by atoms with Gasteiger partial charge >= 0.3 is 0 Å². The van der Waals surface area contributed by atoms with Crippen LogP contribution in [-0.4, -0.2) is 66.2 Å². The number of carbonyl (C=O) groups excluding carboxylic acids is 3. The van der Waals surface area contributed by atoms with E-state index in [-0.39, 0.29) is 36.3 Å². The number of nitro benzene ring substituents is 1. The van der Waals surface area contributed by atoms with Gasteiger partial charge in [-0.05, 0) is 30.7 Å². The maximum atomic E-state index is 13.0. The lowest BCUT2D eigenvalue weighted by molar-refractivity contribution is -0.384. The van der Waals surface area contributed by atoms with Gasteiger partial charge in [-0.1, -0.05) is 12.1 Å². The number of fused-ring (bicyclic) bond motifs is 1. The SMILES string of the molecule is CCN(Cc1ccc(C(=O)N(C)C)cc1)C(=O)CN1C(=O)COc2ccc([N+](=O)[O-])cc21. The van der Waals surface area contributed by atoms with Crippen molar-refractivity contribution in [3.8, 4) is 5.75 Å². The van der Waals surface area contributed by atoms with Crippen LogP contribution in [0, 0.1) is 10.1 Å². The number of carbonyl (C=O) groups is 3. The van der Waals surface area contributed by atoms with E-state index in [1.807, 2.05) is 6.92 Å². The van der Waals surface area contributed by atoms with Gasteiger partial charge in [0.05, 0.1) is 10.6 Å². The van der Waals surface area contributed by atoms with Gasteiger partial charge in [0.1, 0.15) is 12.3 Å². The van der Waals surface area contributed by atoms with E-state index < -0.39 is 10.8 Å². The van der Waals surface area contributed by atoms with Crippen LogP contribution in [-0.2, 0) is 16.1 Å². The molecule has 0 saturated carbocycles. The van der Waals surface area contributed by atoms with Crippen LogP contribution in [0.25, 0.3) is 0 Å². The molecular weight excluding hydrogens is 416 g/mol. The van der Waals surface area contributed by atoms with Crippen molar-refractivity contribution in [2.45, 2.75) is 13.5 Å². The number of benzene rings is 2. The topological polar surface area (TPSA) is 113 Å². The highest BCUT2D eigenvalue weighted by Crippen LogP contribution is 2.35. The number of likely N-dealkylation sites (N-methyl/N-ethyl adjacent to an activating group) is 1. The summed E-state index contributed by atoms with van der Waals surface area (Å²) in [6.07, 6.45) is 0. The fraction of sp³-hybridized carbons (Fsp3) is 0.318. The first-order valence-corrected chi connectivity index (χ1v) is 10.0. The molecule has 0 spiro atoms. The summed E-state index contributed by atoms with van der Waals surface area (Å²) in [4.78, 5) is 52.3. The summed E-state index contributed by atoms with van der Waals surface area (Å²) >= 11 is 0. The van der Waals surface area contributed by atoms with Crippen molar-refractivity contribution in [3.63, 3.8) is 0 Å². The average Bonchev–Trinajstić information content (AvgIpc) is 2.78. The van der Waals surface area contributed by atoms with Gasteiger partial charge in [0.2, 0.25) is 5.91 Å². The van der Waals surface area contributed by atoms with Crippen molar-refractivity contribution >= 4 is 29.1 Å². The summed E-state index contributed by atoms with van der Waals surface area (Å²) in [5.41, 5.74) is 1.38. The molecule has 1 aliphatic heterocycles. The Hall–Kier alpha value is -3.95. The number of rotatable bonds is 7. The quantitative estimate of drug-likeness (QED) is 0.481. The molecule has 1 aliphatic rings. The monoisotopic (exact) mass is 440 g/mol. The molecule has 0 unspecified atom stereocenters. The molecule has 168 valence electrons. The van der Waals surface area contributed by atoms with E-state index >= 15 is 0 Å². The molecule has 0 saturated heterocycles. The van der Waals surface area contributed by atoms with E-state index in [1.54, 1.807) is 43.3 Å². The third-order valence-electron chi connectivity index (χ3n) is 5.10. The molecule has 2 aromatic carbocycles. The Balaban J connectivity index is 1.75. The van der Waals surface area contributed by atoms with Crippen molar-refractivity contribution in [1.29, 1.82) is 0 Å². The molecule has 3 rings (SSSR count).